The lowest BCUT2D eigenvalue weighted by atomic mass is 9.78. The second-order valence-electron chi connectivity index (χ2n) is 11.1. The molecule has 0 radical (unpaired) electrons. The smallest absolute Gasteiger partial charge is 0.288 e. The van der Waals surface area contributed by atoms with Crippen LogP contribution in [0.3, 0.4) is 0 Å². The minimum absolute atomic E-state index is 0.0102. The number of rotatable bonds is 16. The lowest BCUT2D eigenvalue weighted by molar-refractivity contribution is -0.180. The summed E-state index contributed by atoms with van der Waals surface area (Å²) < 4.78 is 66.2. The number of ether oxygens (including phenoxy) is 1. The van der Waals surface area contributed by atoms with E-state index in [0.29, 0.717) is 13.2 Å². The van der Waals surface area contributed by atoms with Gasteiger partial charge in [-0.2, -0.15) is 13.8 Å². The molecular weight excluding hydrogens is 510 g/mol. The van der Waals surface area contributed by atoms with Crippen LogP contribution in [0.5, 0.6) is 5.88 Å². The highest BCUT2D eigenvalue weighted by molar-refractivity contribution is 5.98. The van der Waals surface area contributed by atoms with Crippen molar-refractivity contribution in [2.24, 2.45) is 22.7 Å². The topological polar surface area (TPSA) is 47.0 Å². The van der Waals surface area contributed by atoms with Gasteiger partial charge in [-0.3, -0.25) is 4.84 Å². The van der Waals surface area contributed by atoms with Crippen molar-refractivity contribution in [2.75, 3.05) is 13.2 Å². The second kappa shape index (κ2) is 14.0. The fourth-order valence-electron chi connectivity index (χ4n) is 5.81. The molecule has 0 spiro atoms. The Balaban J connectivity index is 1.29. The average molecular weight is 554 g/mol. The number of aromatic nitrogens is 1. The van der Waals surface area contributed by atoms with Crippen LogP contribution in [0.4, 0.5) is 17.6 Å². The average Bonchev–Trinajstić information content (AvgIpc) is 3.74. The minimum atomic E-state index is -3.58. The van der Waals surface area contributed by atoms with Crippen LogP contribution in [0.15, 0.2) is 23.3 Å². The molecule has 0 amide bonds. The van der Waals surface area contributed by atoms with E-state index in [1.165, 1.54) is 44.0 Å². The molecule has 1 saturated carbocycles. The number of hydrogen-bond donors (Lipinski definition) is 0. The van der Waals surface area contributed by atoms with Gasteiger partial charge in [-0.05, 0) is 62.0 Å². The molecule has 2 aliphatic carbocycles. The summed E-state index contributed by atoms with van der Waals surface area (Å²) in [5.74, 6) is -4.48. The first-order valence-corrected chi connectivity index (χ1v) is 14.9. The molecule has 1 fully saturated rings. The van der Waals surface area contributed by atoms with Crippen molar-refractivity contribution in [3.8, 4) is 5.88 Å². The zero-order valence-corrected chi connectivity index (χ0v) is 23.3. The number of aliphatic imine (C=N–C) groups is 1. The highest BCUT2D eigenvalue weighted by Crippen LogP contribution is 2.47. The molecule has 9 heteroatoms. The number of alkyl halides is 3. The van der Waals surface area contributed by atoms with E-state index in [-0.39, 0.29) is 30.0 Å². The summed E-state index contributed by atoms with van der Waals surface area (Å²) >= 11 is 0. The maximum Gasteiger partial charge on any atom is 0.288 e. The van der Waals surface area contributed by atoms with Crippen LogP contribution in [0.2, 0.25) is 0 Å². The van der Waals surface area contributed by atoms with Gasteiger partial charge in [0.25, 0.3) is 12.3 Å². The predicted molar refractivity (Wildman–Crippen MR) is 144 cm³/mol. The molecule has 39 heavy (non-hydrogen) atoms. The summed E-state index contributed by atoms with van der Waals surface area (Å²) in [6, 6.07) is 1.42. The van der Waals surface area contributed by atoms with Gasteiger partial charge in [0.2, 0.25) is 11.8 Å². The Labute approximate surface area is 230 Å². The minimum Gasteiger partial charge on any atom is -0.478 e. The van der Waals surface area contributed by atoms with Crippen molar-refractivity contribution < 1.29 is 27.1 Å². The van der Waals surface area contributed by atoms with Crippen molar-refractivity contribution in [3.05, 3.63) is 35.4 Å². The van der Waals surface area contributed by atoms with Crippen molar-refractivity contribution in [3.63, 3.8) is 0 Å². The van der Waals surface area contributed by atoms with Gasteiger partial charge in [0.15, 0.2) is 0 Å². The third-order valence-corrected chi connectivity index (χ3v) is 8.24. The number of hydroxylamine groups is 2. The summed E-state index contributed by atoms with van der Waals surface area (Å²) in [7, 11) is 0. The molecule has 3 atom stereocenters. The summed E-state index contributed by atoms with van der Waals surface area (Å²) in [4.78, 5) is 12.9. The number of unbranched alkanes of at least 4 members (excludes halogenated alkanes) is 5. The van der Waals surface area contributed by atoms with E-state index in [1.807, 2.05) is 0 Å². The molecule has 0 bridgehead atoms. The van der Waals surface area contributed by atoms with E-state index in [4.69, 9.17) is 9.57 Å². The molecular formula is C30H43F4N3O2. The largest absolute Gasteiger partial charge is 0.478 e. The number of pyridine rings is 1. The van der Waals surface area contributed by atoms with Crippen molar-refractivity contribution in [2.45, 2.75) is 110 Å². The highest BCUT2D eigenvalue weighted by atomic mass is 19.3. The summed E-state index contributed by atoms with van der Waals surface area (Å²) in [5.41, 5.74) is -0.656. The number of allylic oxidation sites excluding steroid dienone is 1. The summed E-state index contributed by atoms with van der Waals surface area (Å²) in [5, 5.41) is 0.936. The van der Waals surface area contributed by atoms with Crippen LogP contribution in [-0.2, 0) is 17.2 Å². The molecule has 5 nitrogen and oxygen atoms in total. The SMILES string of the molecule is CCCCCCON1C=CC(C2CCc3cc(OCCCCCC(CC)C4CC4)nc(F)c3C2(F)F)=NC1F. The molecule has 4 rings (SSSR count). The second-order valence-corrected chi connectivity index (χ2v) is 11.1. The van der Waals surface area contributed by atoms with Crippen LogP contribution in [0.25, 0.3) is 0 Å². The van der Waals surface area contributed by atoms with E-state index in [1.54, 1.807) is 0 Å². The van der Waals surface area contributed by atoms with Crippen molar-refractivity contribution in [1.82, 2.24) is 10.0 Å². The van der Waals surface area contributed by atoms with E-state index >= 15 is 8.78 Å². The van der Waals surface area contributed by atoms with Gasteiger partial charge < -0.3 is 4.74 Å². The van der Waals surface area contributed by atoms with Gasteiger partial charge in [0.05, 0.1) is 30.4 Å². The third-order valence-electron chi connectivity index (χ3n) is 8.24. The zero-order chi connectivity index (χ0) is 27.8. The Bertz CT molecular complexity index is 999. The molecule has 3 unspecified atom stereocenters. The first-order valence-electron chi connectivity index (χ1n) is 14.9. The van der Waals surface area contributed by atoms with Gasteiger partial charge in [-0.15, -0.1) is 0 Å². The van der Waals surface area contributed by atoms with Crippen LogP contribution in [0, 0.1) is 23.7 Å². The Hall–Kier alpha value is -2.16. The van der Waals surface area contributed by atoms with E-state index < -0.39 is 29.8 Å². The predicted octanol–water partition coefficient (Wildman–Crippen LogP) is 8.29. The quantitative estimate of drug-likeness (QED) is 0.0894. The molecule has 2 heterocycles. The van der Waals surface area contributed by atoms with Crippen LogP contribution >= 0.6 is 0 Å². The summed E-state index contributed by atoms with van der Waals surface area (Å²) in [6.07, 6.45) is 13.0. The van der Waals surface area contributed by atoms with Gasteiger partial charge in [-0.25, -0.2) is 18.8 Å². The standard InChI is InChI=1S/C30H43F4N3O2/c1-3-5-6-10-19-39-37-17-16-25(35-29(37)32)24-15-14-23-20-26(36-28(31)27(23)30(24,33)34)38-18-9-7-8-11-21(4-2)22-12-13-22/h16-17,20-22,24,29H,3-15,18-19H2,1-2H3. The molecule has 0 saturated heterocycles. The molecule has 3 aliphatic rings. The Morgan fingerprint density at radius 1 is 1.05 bits per heavy atom. The fraction of sp³-hybridized carbons (Fsp3) is 0.733. The highest BCUT2D eigenvalue weighted by Gasteiger charge is 2.50. The number of nitrogens with zero attached hydrogens (tertiary/aromatic N) is 3. The first-order chi connectivity index (χ1) is 18.8. The number of aryl methyl sites for hydroxylation is 1. The third kappa shape index (κ3) is 7.74. The van der Waals surface area contributed by atoms with Gasteiger partial charge in [0, 0.05) is 12.3 Å². The normalized spacial score (nSPS) is 22.9. The Morgan fingerprint density at radius 2 is 1.82 bits per heavy atom. The number of halogens is 4. The monoisotopic (exact) mass is 553 g/mol. The Kier molecular flexibility index (Phi) is 10.7. The van der Waals surface area contributed by atoms with E-state index in [2.05, 4.69) is 23.8 Å². The maximum atomic E-state index is 15.5. The molecule has 0 N–H and O–H groups in total. The van der Waals surface area contributed by atoms with Crippen molar-refractivity contribution >= 4 is 5.71 Å². The maximum absolute atomic E-state index is 15.5. The molecule has 0 aromatic carbocycles. The molecule has 218 valence electrons. The van der Waals surface area contributed by atoms with Crippen LogP contribution in [0.1, 0.15) is 102 Å². The lowest BCUT2D eigenvalue weighted by Gasteiger charge is -2.35. The van der Waals surface area contributed by atoms with E-state index in [9.17, 15) is 8.78 Å². The van der Waals surface area contributed by atoms with Gasteiger partial charge in [0.1, 0.15) is 0 Å². The van der Waals surface area contributed by atoms with Gasteiger partial charge in [-0.1, -0.05) is 58.8 Å². The number of hydrogen-bond acceptors (Lipinski definition) is 5. The van der Waals surface area contributed by atoms with Crippen LogP contribution in [-0.4, -0.2) is 35.4 Å². The molecule has 1 aromatic heterocycles. The fourth-order valence-corrected chi connectivity index (χ4v) is 5.81. The lowest BCUT2D eigenvalue weighted by Crippen LogP contribution is -2.40. The molecule has 1 aromatic rings. The first kappa shape index (κ1) is 29.8. The van der Waals surface area contributed by atoms with Crippen molar-refractivity contribution in [1.29, 1.82) is 0 Å². The van der Waals surface area contributed by atoms with E-state index in [0.717, 1.165) is 61.8 Å². The van der Waals surface area contributed by atoms with Gasteiger partial charge >= 0.3 is 0 Å². The Morgan fingerprint density at radius 3 is 2.54 bits per heavy atom. The summed E-state index contributed by atoms with van der Waals surface area (Å²) in [6.45, 7) is 5.05. The van der Waals surface area contributed by atoms with Crippen LogP contribution < -0.4 is 4.74 Å². The number of fused-ring (bicyclic) bond motifs is 1. The zero-order valence-electron chi connectivity index (χ0n) is 23.3. The molecule has 1 aliphatic heterocycles.